The lowest BCUT2D eigenvalue weighted by Crippen LogP contribution is -2.19. The maximum absolute atomic E-state index is 12.7. The van der Waals surface area contributed by atoms with Gasteiger partial charge in [-0.1, -0.05) is 43.3 Å². The molecule has 208 valence electrons. The maximum Gasteiger partial charge on any atom is 0.343 e. The minimum Gasteiger partial charge on any atom is -0.426 e. The zero-order valence-electron chi connectivity index (χ0n) is 22.3. The van der Waals surface area contributed by atoms with Crippen LogP contribution in [0, 0.1) is 10.1 Å². The number of carbonyl (C=O) groups is 2. The molecule has 9 nitrogen and oxygen atoms in total. The number of ether oxygens (including phenoxy) is 2. The summed E-state index contributed by atoms with van der Waals surface area (Å²) in [6.45, 7) is 3.58. The van der Waals surface area contributed by atoms with Gasteiger partial charge in [-0.3, -0.25) is 4.79 Å². The SMILES string of the molecule is CCC(Cc1ccc(C(=O)Oc2ccc3cc([C@H](C)C(=O)Oc4ccc(N=C=S)cc4)ccc3c2)cc1)O[N+](=O)[O-]. The summed E-state index contributed by atoms with van der Waals surface area (Å²) >= 11 is 4.59. The number of thiocarbonyl (C=S) groups is 1. The third-order valence-electron chi connectivity index (χ3n) is 6.47. The van der Waals surface area contributed by atoms with Crippen LogP contribution in [-0.2, 0) is 16.1 Å². The Labute approximate surface area is 241 Å². The van der Waals surface area contributed by atoms with Crippen molar-refractivity contribution in [3.63, 3.8) is 0 Å². The standard InChI is InChI=1S/C31H26N2O7S/c1-3-27(40-33(36)37)16-21-4-6-22(7-5-21)31(35)39-29-13-10-24-17-23(8-9-25(24)18-29)20(2)30(34)38-28-14-11-26(12-15-28)32-19-41/h4-15,17-18,20,27H,3,16H2,1-2H3/t20-,27?/m0/s1. The minimum atomic E-state index is -0.791. The van der Waals surface area contributed by atoms with Crippen molar-refractivity contribution in [1.82, 2.24) is 0 Å². The number of carbonyl (C=O) groups excluding carboxylic acids is 2. The number of isothiocyanates is 1. The number of hydrogen-bond donors (Lipinski definition) is 0. The second-order valence-electron chi connectivity index (χ2n) is 9.26. The first-order chi connectivity index (χ1) is 19.7. The van der Waals surface area contributed by atoms with Gasteiger partial charge in [0.1, 0.15) is 17.6 Å². The number of esters is 2. The number of nitrogens with zero attached hydrogens (tertiary/aromatic N) is 2. The van der Waals surface area contributed by atoms with E-state index in [1.165, 1.54) is 0 Å². The van der Waals surface area contributed by atoms with E-state index < -0.39 is 29.0 Å². The number of rotatable bonds is 11. The fourth-order valence-corrected chi connectivity index (χ4v) is 4.25. The van der Waals surface area contributed by atoms with Crippen LogP contribution in [0.3, 0.4) is 0 Å². The molecule has 0 aromatic heterocycles. The monoisotopic (exact) mass is 570 g/mol. The number of fused-ring (bicyclic) bond motifs is 1. The van der Waals surface area contributed by atoms with Crippen LogP contribution in [0.25, 0.3) is 10.8 Å². The molecule has 10 heteroatoms. The van der Waals surface area contributed by atoms with E-state index in [9.17, 15) is 19.7 Å². The molecule has 41 heavy (non-hydrogen) atoms. The van der Waals surface area contributed by atoms with Gasteiger partial charge in [-0.15, -0.1) is 10.1 Å². The second kappa shape index (κ2) is 13.4. The van der Waals surface area contributed by atoms with Crippen LogP contribution < -0.4 is 9.47 Å². The van der Waals surface area contributed by atoms with Gasteiger partial charge in [0.2, 0.25) is 0 Å². The van der Waals surface area contributed by atoms with Crippen molar-refractivity contribution in [3.8, 4) is 11.5 Å². The lowest BCUT2D eigenvalue weighted by Gasteiger charge is -2.13. The van der Waals surface area contributed by atoms with Gasteiger partial charge in [0.25, 0.3) is 5.09 Å². The topological polar surface area (TPSA) is 117 Å². The molecule has 0 aliphatic carbocycles. The Balaban J connectivity index is 1.39. The summed E-state index contributed by atoms with van der Waals surface area (Å²) in [4.78, 5) is 44.6. The summed E-state index contributed by atoms with van der Waals surface area (Å²) in [5.41, 5.74) is 2.56. The predicted octanol–water partition coefficient (Wildman–Crippen LogP) is 7.03. The number of hydrogen-bond acceptors (Lipinski definition) is 9. The highest BCUT2D eigenvalue weighted by Crippen LogP contribution is 2.27. The lowest BCUT2D eigenvalue weighted by molar-refractivity contribution is -0.768. The molecular weight excluding hydrogens is 544 g/mol. The fourth-order valence-electron chi connectivity index (χ4n) is 4.14. The van der Waals surface area contributed by atoms with Crippen LogP contribution in [0.5, 0.6) is 11.5 Å². The van der Waals surface area contributed by atoms with Gasteiger partial charge in [0.15, 0.2) is 0 Å². The van der Waals surface area contributed by atoms with E-state index in [0.29, 0.717) is 35.6 Å². The Morgan fingerprint density at radius 1 is 0.927 bits per heavy atom. The third kappa shape index (κ3) is 7.82. The van der Waals surface area contributed by atoms with Crippen molar-refractivity contribution in [2.45, 2.75) is 38.7 Å². The van der Waals surface area contributed by atoms with Crippen LogP contribution in [0.1, 0.15) is 47.7 Å². The molecule has 0 aliphatic heterocycles. The first kappa shape index (κ1) is 29.1. The highest BCUT2D eigenvalue weighted by Gasteiger charge is 2.19. The van der Waals surface area contributed by atoms with Gasteiger partial charge < -0.3 is 14.3 Å². The zero-order chi connectivity index (χ0) is 29.4. The van der Waals surface area contributed by atoms with Crippen LogP contribution >= 0.6 is 12.2 Å². The van der Waals surface area contributed by atoms with Crippen LogP contribution in [0.15, 0.2) is 89.9 Å². The van der Waals surface area contributed by atoms with Gasteiger partial charge in [-0.25, -0.2) is 4.79 Å². The fraction of sp³-hybridized carbons (Fsp3) is 0.194. The molecule has 0 N–H and O–H groups in total. The molecule has 4 rings (SSSR count). The predicted molar refractivity (Wildman–Crippen MR) is 156 cm³/mol. The Hall–Kier alpha value is -4.92. The highest BCUT2D eigenvalue weighted by molar-refractivity contribution is 7.78. The largest absolute Gasteiger partial charge is 0.426 e. The van der Waals surface area contributed by atoms with E-state index in [1.807, 2.05) is 24.3 Å². The summed E-state index contributed by atoms with van der Waals surface area (Å²) in [7, 11) is 0. The molecule has 0 saturated carbocycles. The molecule has 0 saturated heterocycles. The lowest BCUT2D eigenvalue weighted by atomic mass is 9.98. The Bertz CT molecular complexity index is 1610. The molecule has 4 aromatic rings. The van der Waals surface area contributed by atoms with Crippen molar-refractivity contribution in [2.75, 3.05) is 0 Å². The normalized spacial score (nSPS) is 12.0. The Kier molecular flexibility index (Phi) is 9.52. The molecule has 2 atom stereocenters. The molecule has 0 radical (unpaired) electrons. The first-order valence-electron chi connectivity index (χ1n) is 12.8. The van der Waals surface area contributed by atoms with Gasteiger partial charge in [0.05, 0.1) is 22.3 Å². The van der Waals surface area contributed by atoms with Gasteiger partial charge in [-0.2, -0.15) is 4.99 Å². The van der Waals surface area contributed by atoms with Gasteiger partial charge in [0, 0.05) is 0 Å². The molecule has 0 fully saturated rings. The van der Waals surface area contributed by atoms with E-state index >= 15 is 0 Å². The highest BCUT2D eigenvalue weighted by atomic mass is 32.1. The van der Waals surface area contributed by atoms with Crippen LogP contribution in [-0.4, -0.2) is 28.3 Å². The molecule has 4 aromatic carbocycles. The van der Waals surface area contributed by atoms with Crippen LogP contribution in [0.4, 0.5) is 5.69 Å². The van der Waals surface area contributed by atoms with E-state index in [0.717, 1.165) is 21.9 Å². The molecule has 0 aliphatic rings. The van der Waals surface area contributed by atoms with E-state index in [2.05, 4.69) is 27.2 Å². The van der Waals surface area contributed by atoms with Crippen molar-refractivity contribution in [3.05, 3.63) is 112 Å². The average molecular weight is 571 g/mol. The van der Waals surface area contributed by atoms with E-state index in [4.69, 9.17) is 9.47 Å². The number of aliphatic imine (C=N–C) groups is 1. The molecule has 0 amide bonds. The molecule has 0 heterocycles. The van der Waals surface area contributed by atoms with Crippen molar-refractivity contribution >= 4 is 45.8 Å². The quantitative estimate of drug-likeness (QED) is 0.0471. The van der Waals surface area contributed by atoms with Gasteiger partial charge in [-0.05, 0) is 102 Å². The van der Waals surface area contributed by atoms with Gasteiger partial charge >= 0.3 is 11.9 Å². The molecule has 0 bridgehead atoms. The summed E-state index contributed by atoms with van der Waals surface area (Å²) in [6.07, 6.45) is 0.286. The van der Waals surface area contributed by atoms with Crippen molar-refractivity contribution in [2.24, 2.45) is 4.99 Å². The summed E-state index contributed by atoms with van der Waals surface area (Å²) in [6, 6.07) is 24.2. The van der Waals surface area contributed by atoms with Crippen molar-refractivity contribution in [1.29, 1.82) is 0 Å². The third-order valence-corrected chi connectivity index (χ3v) is 6.56. The molecule has 1 unspecified atom stereocenters. The van der Waals surface area contributed by atoms with Crippen molar-refractivity contribution < 1.29 is 29.0 Å². The summed E-state index contributed by atoms with van der Waals surface area (Å²) in [5.74, 6) is -0.668. The zero-order valence-corrected chi connectivity index (χ0v) is 23.1. The summed E-state index contributed by atoms with van der Waals surface area (Å²) in [5, 5.41) is 13.8. The summed E-state index contributed by atoms with van der Waals surface area (Å²) < 4.78 is 11.1. The average Bonchev–Trinajstić information content (AvgIpc) is 2.97. The Morgan fingerprint density at radius 3 is 2.24 bits per heavy atom. The first-order valence-corrected chi connectivity index (χ1v) is 13.2. The maximum atomic E-state index is 12.7. The van der Waals surface area contributed by atoms with Crippen LogP contribution in [0.2, 0.25) is 0 Å². The van der Waals surface area contributed by atoms with E-state index in [1.54, 1.807) is 74.5 Å². The second-order valence-corrected chi connectivity index (χ2v) is 9.44. The molecular formula is C31H26N2O7S. The molecule has 0 spiro atoms. The Morgan fingerprint density at radius 2 is 1.59 bits per heavy atom. The minimum absolute atomic E-state index is 0.348. The smallest absolute Gasteiger partial charge is 0.343 e. The number of benzene rings is 4. The van der Waals surface area contributed by atoms with E-state index in [-0.39, 0.29) is 0 Å².